The fourth-order valence-electron chi connectivity index (χ4n) is 2.82. The number of ether oxygens (including phenoxy) is 2. The van der Waals surface area contributed by atoms with E-state index in [4.69, 9.17) is 9.47 Å². The van der Waals surface area contributed by atoms with E-state index in [-0.39, 0.29) is 17.2 Å². The van der Waals surface area contributed by atoms with Crippen molar-refractivity contribution in [1.82, 2.24) is 0 Å². The van der Waals surface area contributed by atoms with Gasteiger partial charge in [-0.1, -0.05) is 39.5 Å². The number of unbranched alkanes of at least 4 members (excludes halogenated alkanes) is 4. The normalized spacial score (nSPS) is 10.7. The van der Waals surface area contributed by atoms with Gasteiger partial charge in [-0.15, -0.1) is 0 Å². The number of aromatic hydroxyl groups is 2. The lowest BCUT2D eigenvalue weighted by Crippen LogP contribution is -2.03. The molecule has 0 saturated carbocycles. The van der Waals surface area contributed by atoms with Crippen LogP contribution in [0.3, 0.4) is 0 Å². The number of phenols is 2. The molecular formula is C18H30O4. The molecule has 0 aliphatic carbocycles. The molecule has 0 bridgehead atoms. The standard InChI is InChI=1S/C18H30O4/c1-5-7-9-11-13-14(12-10-8-6-2)17(21-3)18(22-4)16(20)15(13)19/h19-20H,5-12H2,1-4H3. The topological polar surface area (TPSA) is 58.9 Å². The highest BCUT2D eigenvalue weighted by atomic mass is 16.5. The van der Waals surface area contributed by atoms with Crippen LogP contribution in [0.15, 0.2) is 0 Å². The lowest BCUT2D eigenvalue weighted by atomic mass is 9.94. The lowest BCUT2D eigenvalue weighted by Gasteiger charge is -2.20. The summed E-state index contributed by atoms with van der Waals surface area (Å²) in [5, 5.41) is 20.6. The van der Waals surface area contributed by atoms with Crippen molar-refractivity contribution < 1.29 is 19.7 Å². The summed E-state index contributed by atoms with van der Waals surface area (Å²) in [5.41, 5.74) is 1.78. The number of benzene rings is 1. The van der Waals surface area contributed by atoms with Gasteiger partial charge in [-0.05, 0) is 25.7 Å². The van der Waals surface area contributed by atoms with Gasteiger partial charge in [0.2, 0.25) is 11.5 Å². The van der Waals surface area contributed by atoms with Gasteiger partial charge in [0.15, 0.2) is 11.5 Å². The van der Waals surface area contributed by atoms with Gasteiger partial charge in [0.25, 0.3) is 0 Å². The second kappa shape index (κ2) is 9.44. The molecule has 1 aromatic carbocycles. The van der Waals surface area contributed by atoms with Crippen LogP contribution in [0.1, 0.15) is 63.5 Å². The van der Waals surface area contributed by atoms with Crippen LogP contribution in [0.25, 0.3) is 0 Å². The second-order valence-electron chi connectivity index (χ2n) is 5.64. The summed E-state index contributed by atoms with van der Waals surface area (Å²) in [6.45, 7) is 4.31. The highest BCUT2D eigenvalue weighted by Gasteiger charge is 2.24. The summed E-state index contributed by atoms with van der Waals surface area (Å²) in [4.78, 5) is 0. The van der Waals surface area contributed by atoms with Gasteiger partial charge < -0.3 is 19.7 Å². The Labute approximate surface area is 134 Å². The van der Waals surface area contributed by atoms with Crippen molar-refractivity contribution in [1.29, 1.82) is 0 Å². The summed E-state index contributed by atoms with van der Waals surface area (Å²) in [5.74, 6) is 0.511. The van der Waals surface area contributed by atoms with Crippen LogP contribution >= 0.6 is 0 Å². The summed E-state index contributed by atoms with van der Waals surface area (Å²) in [6.07, 6.45) is 8.06. The Hall–Kier alpha value is -1.58. The fraction of sp³-hybridized carbons (Fsp3) is 0.667. The van der Waals surface area contributed by atoms with E-state index in [1.165, 1.54) is 7.11 Å². The Morgan fingerprint density at radius 2 is 1.18 bits per heavy atom. The zero-order chi connectivity index (χ0) is 16.5. The first-order valence-electron chi connectivity index (χ1n) is 8.29. The zero-order valence-corrected chi connectivity index (χ0v) is 14.4. The van der Waals surface area contributed by atoms with Crippen molar-refractivity contribution in [3.8, 4) is 23.0 Å². The molecule has 0 aliphatic heterocycles. The average Bonchev–Trinajstić information content (AvgIpc) is 2.53. The summed E-state index contributed by atoms with van der Waals surface area (Å²) in [7, 11) is 3.05. The quantitative estimate of drug-likeness (QED) is 0.490. The van der Waals surface area contributed by atoms with Crippen molar-refractivity contribution in [2.45, 2.75) is 65.2 Å². The Kier molecular flexibility index (Phi) is 7.92. The third-order valence-electron chi connectivity index (χ3n) is 4.04. The minimum atomic E-state index is -0.218. The van der Waals surface area contributed by atoms with E-state index in [9.17, 15) is 10.2 Å². The molecule has 22 heavy (non-hydrogen) atoms. The molecule has 2 N–H and O–H groups in total. The molecule has 4 heteroatoms. The van der Waals surface area contributed by atoms with Gasteiger partial charge in [-0.25, -0.2) is 0 Å². The summed E-state index contributed by atoms with van der Waals surface area (Å²) < 4.78 is 10.7. The van der Waals surface area contributed by atoms with Gasteiger partial charge >= 0.3 is 0 Å². The molecule has 0 aromatic heterocycles. The smallest absolute Gasteiger partial charge is 0.207 e. The first-order chi connectivity index (χ1) is 10.6. The maximum atomic E-state index is 10.4. The Morgan fingerprint density at radius 3 is 1.64 bits per heavy atom. The molecule has 1 aromatic rings. The molecule has 0 saturated heterocycles. The molecule has 0 radical (unpaired) electrons. The van der Waals surface area contributed by atoms with Crippen LogP contribution < -0.4 is 9.47 Å². The van der Waals surface area contributed by atoms with Crippen LogP contribution in [-0.4, -0.2) is 24.4 Å². The molecule has 0 atom stereocenters. The van der Waals surface area contributed by atoms with Crippen LogP contribution in [0.2, 0.25) is 0 Å². The number of hydrogen-bond acceptors (Lipinski definition) is 4. The second-order valence-corrected chi connectivity index (χ2v) is 5.64. The number of phenolic OH excluding ortho intramolecular Hbond substituents is 2. The largest absolute Gasteiger partial charge is 0.504 e. The van der Waals surface area contributed by atoms with Gasteiger partial charge in [0.05, 0.1) is 14.2 Å². The van der Waals surface area contributed by atoms with E-state index in [2.05, 4.69) is 13.8 Å². The maximum Gasteiger partial charge on any atom is 0.207 e. The summed E-state index contributed by atoms with van der Waals surface area (Å²) >= 11 is 0. The average molecular weight is 310 g/mol. The van der Waals surface area contributed by atoms with E-state index < -0.39 is 0 Å². The predicted octanol–water partition coefficient (Wildman–Crippen LogP) is 4.58. The van der Waals surface area contributed by atoms with Gasteiger partial charge in [-0.3, -0.25) is 0 Å². The van der Waals surface area contributed by atoms with Crippen molar-refractivity contribution in [2.24, 2.45) is 0 Å². The Morgan fingerprint density at radius 1 is 0.682 bits per heavy atom. The number of hydrogen-bond donors (Lipinski definition) is 2. The molecule has 0 spiro atoms. The molecule has 0 amide bonds. The Balaban J connectivity index is 3.26. The minimum Gasteiger partial charge on any atom is -0.504 e. The van der Waals surface area contributed by atoms with E-state index in [0.29, 0.717) is 5.75 Å². The maximum absolute atomic E-state index is 10.4. The van der Waals surface area contributed by atoms with Gasteiger partial charge in [0, 0.05) is 11.1 Å². The molecular weight excluding hydrogens is 280 g/mol. The molecule has 4 nitrogen and oxygen atoms in total. The predicted molar refractivity (Wildman–Crippen MR) is 89.3 cm³/mol. The van der Waals surface area contributed by atoms with Crippen LogP contribution in [0.4, 0.5) is 0 Å². The zero-order valence-electron chi connectivity index (χ0n) is 14.4. The highest BCUT2D eigenvalue weighted by molar-refractivity contribution is 5.66. The van der Waals surface area contributed by atoms with Crippen molar-refractivity contribution in [3.05, 3.63) is 11.1 Å². The lowest BCUT2D eigenvalue weighted by molar-refractivity contribution is 0.316. The van der Waals surface area contributed by atoms with Gasteiger partial charge in [0.1, 0.15) is 0 Å². The third kappa shape index (κ3) is 4.21. The SMILES string of the molecule is CCCCCc1c(O)c(O)c(OC)c(OC)c1CCCCC. The molecule has 126 valence electrons. The van der Waals surface area contributed by atoms with Crippen LogP contribution in [-0.2, 0) is 12.8 Å². The molecule has 0 heterocycles. The monoisotopic (exact) mass is 310 g/mol. The van der Waals surface area contributed by atoms with Crippen LogP contribution in [0, 0.1) is 0 Å². The fourth-order valence-corrected chi connectivity index (χ4v) is 2.82. The van der Waals surface area contributed by atoms with Gasteiger partial charge in [-0.2, -0.15) is 0 Å². The molecule has 0 fully saturated rings. The van der Waals surface area contributed by atoms with E-state index in [1.807, 2.05) is 0 Å². The Bertz CT molecular complexity index is 469. The first-order valence-corrected chi connectivity index (χ1v) is 8.29. The van der Waals surface area contributed by atoms with E-state index in [1.54, 1.807) is 7.11 Å². The third-order valence-corrected chi connectivity index (χ3v) is 4.04. The van der Waals surface area contributed by atoms with E-state index >= 15 is 0 Å². The van der Waals surface area contributed by atoms with Crippen molar-refractivity contribution in [2.75, 3.05) is 14.2 Å². The minimum absolute atomic E-state index is 0.0553. The molecule has 0 unspecified atom stereocenters. The number of rotatable bonds is 10. The molecule has 0 aliphatic rings. The van der Waals surface area contributed by atoms with Crippen molar-refractivity contribution in [3.63, 3.8) is 0 Å². The first kappa shape index (κ1) is 18.5. The molecule has 1 rings (SSSR count). The van der Waals surface area contributed by atoms with Crippen molar-refractivity contribution >= 4 is 0 Å². The van der Waals surface area contributed by atoms with E-state index in [0.717, 1.165) is 62.5 Å². The summed E-state index contributed by atoms with van der Waals surface area (Å²) in [6, 6.07) is 0. The number of methoxy groups -OCH3 is 2. The van der Waals surface area contributed by atoms with Crippen LogP contribution in [0.5, 0.6) is 23.0 Å². The highest BCUT2D eigenvalue weighted by Crippen LogP contribution is 2.49.